The molecule has 1 heterocycles. The van der Waals surface area contributed by atoms with Crippen LogP contribution in [0.4, 0.5) is 0 Å². The molecule has 0 radical (unpaired) electrons. The van der Waals surface area contributed by atoms with Gasteiger partial charge in [-0.3, -0.25) is 0 Å². The van der Waals surface area contributed by atoms with Crippen LogP contribution in [0.5, 0.6) is 0 Å². The van der Waals surface area contributed by atoms with E-state index in [9.17, 15) is 0 Å². The van der Waals surface area contributed by atoms with Gasteiger partial charge in [0.15, 0.2) is 0 Å². The van der Waals surface area contributed by atoms with Gasteiger partial charge < -0.3 is 4.64 Å². The van der Waals surface area contributed by atoms with Gasteiger partial charge in [0.25, 0.3) is 0 Å². The van der Waals surface area contributed by atoms with Gasteiger partial charge in [0.1, 0.15) is 9.29 Å². The maximum atomic E-state index is 4.35. The predicted molar refractivity (Wildman–Crippen MR) is 55.2 cm³/mol. The van der Waals surface area contributed by atoms with Crippen molar-refractivity contribution in [2.75, 3.05) is 0 Å². The molecule has 0 saturated carbocycles. The van der Waals surface area contributed by atoms with Crippen LogP contribution in [0.2, 0.25) is 0 Å². The van der Waals surface area contributed by atoms with E-state index in [-0.39, 0.29) is 9.29 Å². The zero-order valence-electron chi connectivity index (χ0n) is 7.20. The van der Waals surface area contributed by atoms with Crippen LogP contribution >= 0.6 is 0 Å². The van der Waals surface area contributed by atoms with Crippen molar-refractivity contribution >= 4 is 9.29 Å². The lowest BCUT2D eigenvalue weighted by Gasteiger charge is -1.97. The van der Waals surface area contributed by atoms with Crippen molar-refractivity contribution in [1.82, 2.24) is 4.64 Å². The summed E-state index contributed by atoms with van der Waals surface area (Å²) < 4.78 is 4.35. The van der Waals surface area contributed by atoms with Gasteiger partial charge in [-0.25, -0.2) is 0 Å². The Hall–Kier alpha value is -1.28. The predicted octanol–water partition coefficient (Wildman–Crippen LogP) is 1.72. The number of nitrogens with zero attached hydrogens (tertiary/aromatic N) is 1. The van der Waals surface area contributed by atoms with Crippen molar-refractivity contribution < 1.29 is 0 Å². The zero-order chi connectivity index (χ0) is 8.67. The summed E-state index contributed by atoms with van der Waals surface area (Å²) >= 11 is 0. The van der Waals surface area contributed by atoms with E-state index < -0.39 is 0 Å². The van der Waals surface area contributed by atoms with Crippen molar-refractivity contribution in [3.63, 3.8) is 0 Å². The highest BCUT2D eigenvalue weighted by molar-refractivity contribution is 6.27. The summed E-state index contributed by atoms with van der Waals surface area (Å²) in [7, 11) is 0.171. The second kappa shape index (κ2) is 2.60. The molecular weight excluding hydrogens is 174 g/mol. The Bertz CT molecular complexity index is 422. The Morgan fingerprint density at radius 1 is 1.08 bits per heavy atom. The number of fused-ring (bicyclic) bond motifs is 3. The van der Waals surface area contributed by atoms with Gasteiger partial charge in [-0.05, 0) is 34.4 Å². The first-order valence-corrected chi connectivity index (χ1v) is 5.56. The number of aromatic nitrogens is 1. The monoisotopic (exact) mass is 183 g/mol. The molecular formula is C11H9NSi. The molecule has 0 N–H and O–H groups in total. The molecule has 0 amide bonds. The summed E-state index contributed by atoms with van der Waals surface area (Å²) in [6.45, 7) is 0. The van der Waals surface area contributed by atoms with Crippen molar-refractivity contribution in [2.24, 2.45) is 0 Å². The largest absolute Gasteiger partial charge is 0.309 e. The molecule has 1 aliphatic carbocycles. The fourth-order valence-corrected chi connectivity index (χ4v) is 3.03. The van der Waals surface area contributed by atoms with Gasteiger partial charge in [-0.1, -0.05) is 24.3 Å². The van der Waals surface area contributed by atoms with Gasteiger partial charge >= 0.3 is 0 Å². The molecule has 0 aliphatic heterocycles. The van der Waals surface area contributed by atoms with Gasteiger partial charge in [-0.15, -0.1) is 0 Å². The first kappa shape index (κ1) is 7.15. The van der Waals surface area contributed by atoms with Crippen LogP contribution in [-0.4, -0.2) is 13.9 Å². The normalized spacial score (nSPS) is 12.3. The molecule has 0 spiro atoms. The molecule has 0 atom stereocenters. The first-order chi connectivity index (χ1) is 6.45. The Morgan fingerprint density at radius 2 is 2.00 bits per heavy atom. The van der Waals surface area contributed by atoms with Gasteiger partial charge in [0.05, 0.1) is 0 Å². The third kappa shape index (κ3) is 0.987. The molecule has 1 aliphatic rings. The average Bonchev–Trinajstić information content (AvgIpc) is 2.56. The van der Waals surface area contributed by atoms with Crippen LogP contribution < -0.4 is 0 Å². The van der Waals surface area contributed by atoms with E-state index in [1.54, 1.807) is 5.17 Å². The van der Waals surface area contributed by atoms with Gasteiger partial charge in [0, 0.05) is 6.20 Å². The van der Waals surface area contributed by atoms with Crippen molar-refractivity contribution in [3.8, 4) is 11.1 Å². The molecule has 1 aromatic carbocycles. The van der Waals surface area contributed by atoms with E-state index in [1.165, 1.54) is 16.7 Å². The van der Waals surface area contributed by atoms with Crippen molar-refractivity contribution in [1.29, 1.82) is 0 Å². The Kier molecular flexibility index (Phi) is 1.43. The molecule has 0 unspecified atom stereocenters. The smallest absolute Gasteiger partial charge is 0.143 e. The van der Waals surface area contributed by atoms with Crippen LogP contribution in [0.15, 0.2) is 36.5 Å². The second-order valence-electron chi connectivity index (χ2n) is 3.37. The standard InChI is InChI=1S/C11H9NSi/c1-2-4-9-8(3-1)7-11-10(9)5-6-12-13-11/h1-6,13H,7H2. The molecule has 0 fully saturated rings. The minimum Gasteiger partial charge on any atom is -0.309 e. The lowest BCUT2D eigenvalue weighted by atomic mass is 10.1. The van der Waals surface area contributed by atoms with E-state index in [2.05, 4.69) is 35.0 Å². The highest BCUT2D eigenvalue weighted by Gasteiger charge is 2.16. The Morgan fingerprint density at radius 3 is 3.00 bits per heavy atom. The van der Waals surface area contributed by atoms with E-state index in [0.717, 1.165) is 6.42 Å². The molecule has 2 aromatic rings. The maximum absolute atomic E-state index is 4.35. The number of hydrogen-bond donors (Lipinski definition) is 0. The minimum absolute atomic E-state index is 0.171. The lowest BCUT2D eigenvalue weighted by molar-refractivity contribution is 1.29. The quantitative estimate of drug-likeness (QED) is 0.484. The summed E-state index contributed by atoms with van der Waals surface area (Å²) in [6, 6.07) is 10.8. The fourth-order valence-electron chi connectivity index (χ4n) is 1.97. The number of rotatable bonds is 0. The zero-order valence-corrected chi connectivity index (χ0v) is 8.35. The summed E-state index contributed by atoms with van der Waals surface area (Å²) in [4.78, 5) is 0. The van der Waals surface area contributed by atoms with Crippen LogP contribution in [-0.2, 0) is 6.42 Å². The van der Waals surface area contributed by atoms with Crippen molar-refractivity contribution in [3.05, 3.63) is 47.3 Å². The summed E-state index contributed by atoms with van der Waals surface area (Å²) in [6.07, 6.45) is 3.09. The second-order valence-corrected chi connectivity index (χ2v) is 4.62. The summed E-state index contributed by atoms with van der Waals surface area (Å²) in [5.74, 6) is 0. The van der Waals surface area contributed by atoms with Crippen LogP contribution in [0, 0.1) is 0 Å². The fraction of sp³-hybridized carbons (Fsp3) is 0.0909. The number of hydrogen-bond acceptors (Lipinski definition) is 1. The maximum Gasteiger partial charge on any atom is 0.143 e. The van der Waals surface area contributed by atoms with Crippen LogP contribution in [0.1, 0.15) is 10.7 Å². The molecule has 62 valence electrons. The summed E-state index contributed by atoms with van der Waals surface area (Å²) in [5, 5.41) is 1.56. The third-order valence-corrected chi connectivity index (χ3v) is 3.74. The van der Waals surface area contributed by atoms with E-state index in [4.69, 9.17) is 0 Å². The number of benzene rings is 1. The Balaban J connectivity index is 2.32. The van der Waals surface area contributed by atoms with E-state index >= 15 is 0 Å². The molecule has 1 aromatic heterocycles. The van der Waals surface area contributed by atoms with Crippen LogP contribution in [0.3, 0.4) is 0 Å². The van der Waals surface area contributed by atoms with E-state index in [0.29, 0.717) is 0 Å². The van der Waals surface area contributed by atoms with Gasteiger partial charge in [0.2, 0.25) is 0 Å². The molecule has 13 heavy (non-hydrogen) atoms. The summed E-state index contributed by atoms with van der Waals surface area (Å²) in [5.41, 5.74) is 4.35. The Labute approximate surface area is 79.3 Å². The minimum atomic E-state index is 0.171. The highest BCUT2D eigenvalue weighted by Crippen LogP contribution is 2.33. The molecule has 2 heteroatoms. The average molecular weight is 183 g/mol. The molecule has 0 bridgehead atoms. The molecule has 1 nitrogen and oxygen atoms in total. The van der Waals surface area contributed by atoms with Gasteiger partial charge in [-0.2, -0.15) is 0 Å². The molecule has 3 rings (SSSR count). The van der Waals surface area contributed by atoms with E-state index in [1.807, 2.05) is 6.20 Å². The topological polar surface area (TPSA) is 12.9 Å². The SMILES string of the molecule is c1ccc2c(c1)Cc1[siH]nccc1-2. The lowest BCUT2D eigenvalue weighted by Crippen LogP contribution is -1.89. The first-order valence-electron chi connectivity index (χ1n) is 4.46. The van der Waals surface area contributed by atoms with Crippen LogP contribution in [0.25, 0.3) is 11.1 Å². The van der Waals surface area contributed by atoms with Crippen molar-refractivity contribution in [2.45, 2.75) is 6.42 Å². The highest BCUT2D eigenvalue weighted by atomic mass is 28.2. The molecule has 0 saturated heterocycles. The third-order valence-electron chi connectivity index (χ3n) is 2.59.